The summed E-state index contributed by atoms with van der Waals surface area (Å²) in [6.45, 7) is 2.73. The van der Waals surface area contributed by atoms with Crippen LogP contribution in [0.1, 0.15) is 12.8 Å². The fraction of sp³-hybridized carbons (Fsp3) is 0.857. The molecule has 0 spiro atoms. The summed E-state index contributed by atoms with van der Waals surface area (Å²) in [5.41, 5.74) is 2.19. The molecule has 0 aromatic carbocycles. The molecule has 1 aliphatic rings. The fourth-order valence-electron chi connectivity index (χ4n) is 1.27. The molecule has 64 valence electrons. The Bertz CT molecular complexity index is 113. The maximum absolute atomic E-state index is 9.79. The molecular formula is C7H14N2O2. The van der Waals surface area contributed by atoms with Crippen LogP contribution in [0.4, 0.5) is 0 Å². The molecule has 2 N–H and O–H groups in total. The van der Waals surface area contributed by atoms with E-state index >= 15 is 0 Å². The van der Waals surface area contributed by atoms with Crippen LogP contribution in [-0.2, 0) is 9.63 Å². The molecule has 11 heavy (non-hydrogen) atoms. The molecule has 1 heterocycles. The number of carbonyl (C=O) groups excluding carboxylic acids is 1. The van der Waals surface area contributed by atoms with E-state index in [1.54, 1.807) is 0 Å². The van der Waals surface area contributed by atoms with Gasteiger partial charge < -0.3 is 5.32 Å². The third kappa shape index (κ3) is 3.34. The molecule has 1 rings (SSSR count). The minimum Gasteiger partial charge on any atom is -0.316 e. The lowest BCUT2D eigenvalue weighted by Gasteiger charge is -2.21. The van der Waals surface area contributed by atoms with Gasteiger partial charge in [0, 0.05) is 6.54 Å². The van der Waals surface area contributed by atoms with Gasteiger partial charge in [-0.15, -0.1) is 0 Å². The monoisotopic (exact) mass is 158 g/mol. The molecule has 0 unspecified atom stereocenters. The van der Waals surface area contributed by atoms with Gasteiger partial charge in [-0.05, 0) is 25.3 Å². The zero-order chi connectivity index (χ0) is 7.94. The summed E-state index contributed by atoms with van der Waals surface area (Å²) >= 11 is 0. The normalized spacial score (nSPS) is 24.5. The number of hydroxylamine groups is 1. The van der Waals surface area contributed by atoms with Crippen molar-refractivity contribution in [1.82, 2.24) is 10.8 Å². The zero-order valence-corrected chi connectivity index (χ0v) is 6.51. The van der Waals surface area contributed by atoms with Gasteiger partial charge in [-0.25, -0.2) is 5.48 Å². The highest BCUT2D eigenvalue weighted by molar-refractivity contribution is 5.43. The third-order valence-electron chi connectivity index (χ3n) is 1.85. The van der Waals surface area contributed by atoms with E-state index in [1.165, 1.54) is 12.8 Å². The highest BCUT2D eigenvalue weighted by Gasteiger charge is 2.12. The minimum atomic E-state index is 0.552. The van der Waals surface area contributed by atoms with Crippen molar-refractivity contribution < 1.29 is 9.63 Å². The molecule has 0 aromatic heterocycles. The Hall–Kier alpha value is -0.610. The van der Waals surface area contributed by atoms with Gasteiger partial charge in [0.1, 0.15) is 0 Å². The van der Waals surface area contributed by atoms with Gasteiger partial charge in [-0.2, -0.15) is 0 Å². The molecule has 1 saturated heterocycles. The number of hydrogen-bond acceptors (Lipinski definition) is 3. The van der Waals surface area contributed by atoms with E-state index in [0.29, 0.717) is 18.9 Å². The van der Waals surface area contributed by atoms with Gasteiger partial charge in [-0.3, -0.25) is 9.63 Å². The highest BCUT2D eigenvalue weighted by Crippen LogP contribution is 2.08. The van der Waals surface area contributed by atoms with E-state index in [1.807, 2.05) is 0 Å². The number of piperidine rings is 1. The average Bonchev–Trinajstić information content (AvgIpc) is 2.07. The quantitative estimate of drug-likeness (QED) is 0.334. The number of amides is 1. The highest BCUT2D eigenvalue weighted by atomic mass is 16.6. The van der Waals surface area contributed by atoms with Gasteiger partial charge in [0.05, 0.1) is 6.61 Å². The van der Waals surface area contributed by atoms with Crippen LogP contribution in [0.2, 0.25) is 0 Å². The van der Waals surface area contributed by atoms with Crippen LogP contribution in [0.15, 0.2) is 0 Å². The molecule has 0 aromatic rings. The summed E-state index contributed by atoms with van der Waals surface area (Å²) in [5.74, 6) is 0.552. The third-order valence-corrected chi connectivity index (χ3v) is 1.85. The van der Waals surface area contributed by atoms with Gasteiger partial charge >= 0.3 is 0 Å². The predicted octanol–water partition coefficient (Wildman–Crippen LogP) is -0.336. The summed E-state index contributed by atoms with van der Waals surface area (Å²) in [6, 6.07) is 0. The molecule has 0 saturated carbocycles. The van der Waals surface area contributed by atoms with Gasteiger partial charge in [-0.1, -0.05) is 0 Å². The van der Waals surface area contributed by atoms with Crippen LogP contribution in [0.3, 0.4) is 0 Å². The number of hydrogen-bond donors (Lipinski definition) is 2. The Balaban J connectivity index is 2.00. The second-order valence-electron chi connectivity index (χ2n) is 2.76. The number of nitrogens with one attached hydrogen (secondary N) is 2. The first-order valence-corrected chi connectivity index (χ1v) is 3.95. The minimum absolute atomic E-state index is 0.552. The summed E-state index contributed by atoms with van der Waals surface area (Å²) in [4.78, 5) is 14.7. The van der Waals surface area contributed by atoms with Crippen molar-refractivity contribution >= 4 is 6.41 Å². The van der Waals surface area contributed by atoms with Crippen molar-refractivity contribution in [1.29, 1.82) is 0 Å². The van der Waals surface area contributed by atoms with Gasteiger partial charge in [0.2, 0.25) is 6.41 Å². The second-order valence-corrected chi connectivity index (χ2v) is 2.76. The zero-order valence-electron chi connectivity index (χ0n) is 6.51. The topological polar surface area (TPSA) is 50.4 Å². The lowest BCUT2D eigenvalue weighted by molar-refractivity contribution is -0.121. The van der Waals surface area contributed by atoms with Crippen LogP contribution in [0.5, 0.6) is 0 Å². The molecule has 1 amide bonds. The van der Waals surface area contributed by atoms with Crippen molar-refractivity contribution in [3.05, 3.63) is 0 Å². The predicted molar refractivity (Wildman–Crippen MR) is 40.7 cm³/mol. The Kier molecular flexibility index (Phi) is 3.93. The van der Waals surface area contributed by atoms with E-state index in [-0.39, 0.29) is 0 Å². The van der Waals surface area contributed by atoms with E-state index in [9.17, 15) is 4.79 Å². The van der Waals surface area contributed by atoms with Gasteiger partial charge in [0.15, 0.2) is 0 Å². The molecule has 0 aliphatic carbocycles. The molecule has 0 bridgehead atoms. The standard InChI is InChI=1S/C7H14N2O2/c10-6-9-11-5-7-2-1-3-8-4-7/h6-8H,1-5H2,(H,9,10)/t7-/m1/s1. The van der Waals surface area contributed by atoms with Crippen molar-refractivity contribution in [2.24, 2.45) is 5.92 Å². The van der Waals surface area contributed by atoms with E-state index in [0.717, 1.165) is 13.1 Å². The SMILES string of the molecule is O=CNOC[C@@H]1CCCNC1. The largest absolute Gasteiger partial charge is 0.316 e. The van der Waals surface area contributed by atoms with E-state index in [2.05, 4.69) is 10.8 Å². The second kappa shape index (κ2) is 5.09. The Morgan fingerprint density at radius 3 is 3.27 bits per heavy atom. The Morgan fingerprint density at radius 1 is 1.73 bits per heavy atom. The first-order chi connectivity index (χ1) is 5.43. The molecule has 1 atom stereocenters. The van der Waals surface area contributed by atoms with Gasteiger partial charge in [0.25, 0.3) is 0 Å². The maximum Gasteiger partial charge on any atom is 0.230 e. The Morgan fingerprint density at radius 2 is 2.64 bits per heavy atom. The number of rotatable bonds is 4. The summed E-state index contributed by atoms with van der Waals surface area (Å²) in [6.07, 6.45) is 2.94. The van der Waals surface area contributed by atoms with Crippen molar-refractivity contribution in [2.45, 2.75) is 12.8 Å². The lowest BCUT2D eigenvalue weighted by atomic mass is 10.0. The number of carbonyl (C=O) groups is 1. The van der Waals surface area contributed by atoms with Crippen LogP contribution in [0.25, 0.3) is 0 Å². The van der Waals surface area contributed by atoms with Crippen LogP contribution in [-0.4, -0.2) is 26.1 Å². The fourth-order valence-corrected chi connectivity index (χ4v) is 1.27. The maximum atomic E-state index is 9.79. The molecule has 4 nitrogen and oxygen atoms in total. The van der Waals surface area contributed by atoms with Crippen LogP contribution in [0, 0.1) is 5.92 Å². The Labute approximate surface area is 66.3 Å². The molecule has 0 radical (unpaired) electrons. The first-order valence-electron chi connectivity index (χ1n) is 3.95. The molecule has 4 heteroatoms. The molecule has 1 fully saturated rings. The average molecular weight is 158 g/mol. The first kappa shape index (κ1) is 8.49. The van der Waals surface area contributed by atoms with Crippen molar-refractivity contribution in [3.63, 3.8) is 0 Å². The summed E-state index contributed by atoms with van der Waals surface area (Å²) in [7, 11) is 0. The lowest BCUT2D eigenvalue weighted by Crippen LogP contribution is -2.33. The van der Waals surface area contributed by atoms with E-state index in [4.69, 9.17) is 4.84 Å². The van der Waals surface area contributed by atoms with Crippen molar-refractivity contribution in [2.75, 3.05) is 19.7 Å². The summed E-state index contributed by atoms with van der Waals surface area (Å²) in [5, 5.41) is 3.27. The van der Waals surface area contributed by atoms with E-state index < -0.39 is 0 Å². The van der Waals surface area contributed by atoms with Crippen molar-refractivity contribution in [3.8, 4) is 0 Å². The summed E-state index contributed by atoms with van der Waals surface area (Å²) < 4.78 is 0. The molecular weight excluding hydrogens is 144 g/mol. The molecule has 1 aliphatic heterocycles. The van der Waals surface area contributed by atoms with Crippen LogP contribution < -0.4 is 10.8 Å². The smallest absolute Gasteiger partial charge is 0.230 e. The van der Waals surface area contributed by atoms with Crippen LogP contribution >= 0.6 is 0 Å².